The lowest BCUT2D eigenvalue weighted by Crippen LogP contribution is -2.24. The zero-order valence-corrected chi connectivity index (χ0v) is 7.45. The second-order valence-electron chi connectivity index (χ2n) is 3.28. The Balaban J connectivity index is 2.39. The normalized spacial score (nSPS) is 15.1. The topological polar surface area (TPSA) is 46.7 Å². The van der Waals surface area contributed by atoms with E-state index in [1.165, 1.54) is 11.1 Å². The summed E-state index contributed by atoms with van der Waals surface area (Å²) in [6, 6.07) is 6.18. The molecule has 0 aromatic heterocycles. The van der Waals surface area contributed by atoms with Crippen molar-refractivity contribution in [2.75, 3.05) is 6.54 Å². The number of fused-ring (bicyclic) bond motifs is 1. The minimum Gasteiger partial charge on any atom is -0.712 e. The zero-order valence-electron chi connectivity index (χ0n) is 7.45. The highest BCUT2D eigenvalue weighted by atomic mass is 14.9. The van der Waals surface area contributed by atoms with Crippen molar-refractivity contribution in [2.45, 2.75) is 19.5 Å². The highest BCUT2D eigenvalue weighted by Gasteiger charge is 2.10. The predicted octanol–water partition coefficient (Wildman–Crippen LogP) is 1.85. The Morgan fingerprint density at radius 3 is 3.23 bits per heavy atom. The molecule has 0 fully saturated rings. The molecule has 0 bridgehead atoms. The van der Waals surface area contributed by atoms with Crippen molar-refractivity contribution in [1.82, 2.24) is 5.32 Å². The molecule has 0 saturated carbocycles. The van der Waals surface area contributed by atoms with Crippen LogP contribution in [-0.4, -0.2) is 6.54 Å². The van der Waals surface area contributed by atoms with Gasteiger partial charge in [-0.05, 0) is 29.7 Å². The van der Waals surface area contributed by atoms with Crippen molar-refractivity contribution >= 4 is 0 Å². The summed E-state index contributed by atoms with van der Waals surface area (Å²) >= 11 is 0. The molecule has 1 aromatic rings. The molecule has 0 atom stereocenters. The number of hydrogen-bond donors (Lipinski definition) is 1. The van der Waals surface area contributed by atoms with E-state index >= 15 is 0 Å². The molecule has 1 heterocycles. The van der Waals surface area contributed by atoms with Crippen LogP contribution in [-0.2, 0) is 19.5 Å². The van der Waals surface area contributed by atoms with Crippen LogP contribution in [0.3, 0.4) is 0 Å². The van der Waals surface area contributed by atoms with Crippen molar-refractivity contribution < 1.29 is 0 Å². The Bertz CT molecular complexity index is 320. The number of hydrogen-bond acceptors (Lipinski definition) is 2. The van der Waals surface area contributed by atoms with Crippen LogP contribution in [0.5, 0.6) is 0 Å². The summed E-state index contributed by atoms with van der Waals surface area (Å²) in [5, 5.41) is 6.51. The molecule has 3 heteroatoms. The monoisotopic (exact) mass is 174 g/mol. The fraction of sp³-hybridized carbons (Fsp3) is 0.400. The smallest absolute Gasteiger partial charge is 0.0405 e. The van der Waals surface area contributed by atoms with Gasteiger partial charge in [-0.25, -0.2) is 0 Å². The maximum Gasteiger partial charge on any atom is 0.0405 e. The largest absolute Gasteiger partial charge is 0.712 e. The second kappa shape index (κ2) is 3.66. The maximum absolute atomic E-state index is 8.53. The molecular weight excluding hydrogens is 162 g/mol. The number of nitrogens with one attached hydrogen (secondary N) is 1. The van der Waals surface area contributed by atoms with E-state index in [-0.39, 0.29) is 0 Å². The lowest BCUT2D eigenvalue weighted by atomic mass is 9.96. The van der Waals surface area contributed by atoms with E-state index in [4.69, 9.17) is 5.53 Å². The van der Waals surface area contributed by atoms with Gasteiger partial charge in [0, 0.05) is 13.1 Å². The van der Waals surface area contributed by atoms with E-state index in [0.717, 1.165) is 25.1 Å². The Hall–Kier alpha value is -1.22. The predicted molar refractivity (Wildman–Crippen MR) is 51.3 cm³/mol. The summed E-state index contributed by atoms with van der Waals surface area (Å²) < 4.78 is 0. The minimum atomic E-state index is 0.420. The van der Waals surface area contributed by atoms with Gasteiger partial charge in [0.1, 0.15) is 0 Å². The summed E-state index contributed by atoms with van der Waals surface area (Å²) in [6.07, 6.45) is 1.04. The number of rotatable bonds is 2. The Labute approximate surface area is 77.7 Å². The Kier molecular flexibility index (Phi) is 2.36. The number of benzene rings is 1. The SMILES string of the molecule is [N-]=NCc1cccc2c1CCNC2. The second-order valence-corrected chi connectivity index (χ2v) is 3.28. The minimum absolute atomic E-state index is 0.420. The maximum atomic E-state index is 8.53. The third-order valence-electron chi connectivity index (χ3n) is 2.48. The molecule has 0 unspecified atom stereocenters. The third kappa shape index (κ3) is 1.60. The van der Waals surface area contributed by atoms with E-state index in [2.05, 4.69) is 16.5 Å². The van der Waals surface area contributed by atoms with Crippen LogP contribution in [0.15, 0.2) is 23.3 Å². The molecule has 0 saturated heterocycles. The molecule has 0 radical (unpaired) electrons. The van der Waals surface area contributed by atoms with Crippen molar-refractivity contribution in [2.24, 2.45) is 5.11 Å². The average Bonchev–Trinajstić information content (AvgIpc) is 2.19. The lowest BCUT2D eigenvalue weighted by molar-refractivity contribution is 0.638. The fourth-order valence-electron chi connectivity index (χ4n) is 1.84. The van der Waals surface area contributed by atoms with Gasteiger partial charge in [-0.15, -0.1) is 0 Å². The summed E-state index contributed by atoms with van der Waals surface area (Å²) in [5.41, 5.74) is 12.4. The summed E-state index contributed by atoms with van der Waals surface area (Å²) in [4.78, 5) is 0. The molecule has 1 aliphatic heterocycles. The Morgan fingerprint density at radius 2 is 2.38 bits per heavy atom. The molecule has 2 rings (SSSR count). The third-order valence-corrected chi connectivity index (χ3v) is 2.48. The Morgan fingerprint density at radius 1 is 1.46 bits per heavy atom. The molecule has 0 spiro atoms. The summed E-state index contributed by atoms with van der Waals surface area (Å²) in [7, 11) is 0. The van der Waals surface area contributed by atoms with Gasteiger partial charge < -0.3 is 16.0 Å². The van der Waals surface area contributed by atoms with Crippen LogP contribution in [0.4, 0.5) is 0 Å². The molecular formula is C10H12N3-. The highest BCUT2D eigenvalue weighted by molar-refractivity contribution is 5.36. The lowest BCUT2D eigenvalue weighted by Gasteiger charge is -2.19. The van der Waals surface area contributed by atoms with Gasteiger partial charge in [0.2, 0.25) is 0 Å². The molecule has 3 nitrogen and oxygen atoms in total. The van der Waals surface area contributed by atoms with Gasteiger partial charge in [0.15, 0.2) is 0 Å². The van der Waals surface area contributed by atoms with Crippen LogP contribution >= 0.6 is 0 Å². The van der Waals surface area contributed by atoms with Crippen molar-refractivity contribution in [1.29, 1.82) is 0 Å². The summed E-state index contributed by atoms with van der Waals surface area (Å²) in [5.74, 6) is 0. The van der Waals surface area contributed by atoms with Crippen LogP contribution in [0, 0.1) is 0 Å². The molecule has 0 amide bonds. The van der Waals surface area contributed by atoms with E-state index < -0.39 is 0 Å². The standard InChI is InChI=1S/C10H12N3/c11-13-7-9-3-1-2-8-6-12-5-4-10(8)9/h1-3,12H,4-7H2/q-1. The molecule has 68 valence electrons. The van der Waals surface area contributed by atoms with Gasteiger partial charge in [-0.2, -0.15) is 0 Å². The van der Waals surface area contributed by atoms with E-state index in [9.17, 15) is 0 Å². The van der Waals surface area contributed by atoms with Gasteiger partial charge >= 0.3 is 0 Å². The molecule has 1 aromatic carbocycles. The van der Waals surface area contributed by atoms with Gasteiger partial charge in [-0.1, -0.05) is 18.2 Å². The average molecular weight is 174 g/mol. The van der Waals surface area contributed by atoms with Crippen LogP contribution < -0.4 is 5.32 Å². The van der Waals surface area contributed by atoms with Gasteiger partial charge in [0.25, 0.3) is 0 Å². The molecule has 1 aliphatic rings. The molecule has 1 N–H and O–H groups in total. The van der Waals surface area contributed by atoms with Crippen molar-refractivity contribution in [3.63, 3.8) is 0 Å². The summed E-state index contributed by atoms with van der Waals surface area (Å²) in [6.45, 7) is 2.38. The van der Waals surface area contributed by atoms with Gasteiger partial charge in [0.05, 0.1) is 0 Å². The van der Waals surface area contributed by atoms with Crippen LogP contribution in [0.2, 0.25) is 0 Å². The first-order valence-corrected chi connectivity index (χ1v) is 4.53. The van der Waals surface area contributed by atoms with Crippen LogP contribution in [0.25, 0.3) is 5.53 Å². The van der Waals surface area contributed by atoms with Crippen molar-refractivity contribution in [3.8, 4) is 0 Å². The first-order valence-electron chi connectivity index (χ1n) is 4.53. The van der Waals surface area contributed by atoms with Crippen molar-refractivity contribution in [3.05, 3.63) is 40.4 Å². The van der Waals surface area contributed by atoms with E-state index in [1.54, 1.807) is 0 Å². The quantitative estimate of drug-likeness (QED) is 0.683. The van der Waals surface area contributed by atoms with Crippen LogP contribution in [0.1, 0.15) is 16.7 Å². The first-order chi connectivity index (χ1) is 6.42. The van der Waals surface area contributed by atoms with E-state index in [1.807, 2.05) is 12.1 Å². The van der Waals surface area contributed by atoms with Gasteiger partial charge in [-0.3, -0.25) is 0 Å². The zero-order chi connectivity index (χ0) is 9.10. The first kappa shape index (κ1) is 8.38. The molecule has 13 heavy (non-hydrogen) atoms. The highest BCUT2D eigenvalue weighted by Crippen LogP contribution is 2.19. The molecule has 0 aliphatic carbocycles. The fourth-order valence-corrected chi connectivity index (χ4v) is 1.84. The number of nitrogens with zero attached hydrogens (tertiary/aromatic N) is 2. The van der Waals surface area contributed by atoms with E-state index in [0.29, 0.717) is 6.54 Å².